The van der Waals surface area contributed by atoms with Crippen molar-refractivity contribution in [2.75, 3.05) is 33.7 Å². The number of amides is 1. The van der Waals surface area contributed by atoms with Gasteiger partial charge in [0.05, 0.1) is 5.41 Å². The van der Waals surface area contributed by atoms with E-state index in [0.29, 0.717) is 18.5 Å². The molecule has 2 fully saturated rings. The van der Waals surface area contributed by atoms with E-state index < -0.39 is 0 Å². The first kappa shape index (κ1) is 13.8. The molecule has 1 amide bonds. The minimum atomic E-state index is -0.239. The van der Waals surface area contributed by atoms with Crippen molar-refractivity contribution in [2.24, 2.45) is 17.1 Å². The summed E-state index contributed by atoms with van der Waals surface area (Å²) in [6.07, 6.45) is 4.13. The van der Waals surface area contributed by atoms with Crippen LogP contribution in [0, 0.1) is 11.3 Å². The van der Waals surface area contributed by atoms with Crippen LogP contribution < -0.4 is 5.73 Å². The molecule has 104 valence electrons. The van der Waals surface area contributed by atoms with Gasteiger partial charge in [0.15, 0.2) is 0 Å². The van der Waals surface area contributed by atoms with Crippen LogP contribution in [0.15, 0.2) is 0 Å². The number of hydrogen-bond donors (Lipinski definition) is 1. The standard InChI is InChI=1S/C14H27N3O/c1-11-8-14(9-11,10-15)13(18)17(3)12-4-6-16(2)7-5-12/h11-12H,4-10,15H2,1-3H3. The Hall–Kier alpha value is -0.610. The minimum Gasteiger partial charge on any atom is -0.342 e. The van der Waals surface area contributed by atoms with Crippen molar-refractivity contribution in [1.29, 1.82) is 0 Å². The zero-order valence-corrected chi connectivity index (χ0v) is 12.0. The molecular weight excluding hydrogens is 226 g/mol. The van der Waals surface area contributed by atoms with Crippen LogP contribution in [0.25, 0.3) is 0 Å². The molecule has 1 aliphatic carbocycles. The molecule has 0 unspecified atom stereocenters. The Morgan fingerprint density at radius 2 is 1.94 bits per heavy atom. The van der Waals surface area contributed by atoms with Crippen molar-refractivity contribution in [3.05, 3.63) is 0 Å². The van der Waals surface area contributed by atoms with Crippen LogP contribution in [-0.2, 0) is 4.79 Å². The van der Waals surface area contributed by atoms with Gasteiger partial charge >= 0.3 is 0 Å². The highest BCUT2D eigenvalue weighted by Gasteiger charge is 2.49. The van der Waals surface area contributed by atoms with Crippen molar-refractivity contribution in [3.63, 3.8) is 0 Å². The summed E-state index contributed by atoms with van der Waals surface area (Å²) in [4.78, 5) is 17.0. The first-order valence-electron chi connectivity index (χ1n) is 7.14. The summed E-state index contributed by atoms with van der Waals surface area (Å²) in [6, 6.07) is 0.410. The molecular formula is C14H27N3O. The molecule has 0 atom stereocenters. The lowest BCUT2D eigenvalue weighted by atomic mass is 9.61. The third kappa shape index (κ3) is 2.41. The lowest BCUT2D eigenvalue weighted by Crippen LogP contribution is -2.57. The van der Waals surface area contributed by atoms with Gasteiger partial charge in [0.2, 0.25) is 5.91 Å². The molecule has 0 spiro atoms. The average molecular weight is 253 g/mol. The summed E-state index contributed by atoms with van der Waals surface area (Å²) >= 11 is 0. The molecule has 2 aliphatic rings. The van der Waals surface area contributed by atoms with E-state index in [1.54, 1.807) is 0 Å². The van der Waals surface area contributed by atoms with Crippen LogP contribution >= 0.6 is 0 Å². The molecule has 0 aromatic carbocycles. The van der Waals surface area contributed by atoms with Gasteiger partial charge in [-0.2, -0.15) is 0 Å². The van der Waals surface area contributed by atoms with Gasteiger partial charge in [0.25, 0.3) is 0 Å². The number of piperidine rings is 1. The van der Waals surface area contributed by atoms with E-state index in [9.17, 15) is 4.79 Å². The Kier molecular flexibility index (Phi) is 3.97. The second kappa shape index (κ2) is 5.17. The molecule has 18 heavy (non-hydrogen) atoms. The first-order valence-corrected chi connectivity index (χ1v) is 7.14. The highest BCUT2D eigenvalue weighted by Crippen LogP contribution is 2.46. The second-order valence-corrected chi connectivity index (χ2v) is 6.45. The van der Waals surface area contributed by atoms with Gasteiger partial charge in [0.1, 0.15) is 0 Å². The summed E-state index contributed by atoms with van der Waals surface area (Å²) in [5.41, 5.74) is 5.63. The Morgan fingerprint density at radius 1 is 1.39 bits per heavy atom. The van der Waals surface area contributed by atoms with E-state index in [1.165, 1.54) is 0 Å². The van der Waals surface area contributed by atoms with Crippen molar-refractivity contribution in [3.8, 4) is 0 Å². The SMILES string of the molecule is CC1CC(CN)(C(=O)N(C)C2CCN(C)CC2)C1. The van der Waals surface area contributed by atoms with Crippen LogP contribution in [0.3, 0.4) is 0 Å². The number of rotatable bonds is 3. The lowest BCUT2D eigenvalue weighted by Gasteiger charge is -2.48. The van der Waals surface area contributed by atoms with Crippen LogP contribution in [0.1, 0.15) is 32.6 Å². The number of hydrogen-bond acceptors (Lipinski definition) is 3. The Labute approximate surface area is 110 Å². The largest absolute Gasteiger partial charge is 0.342 e. The third-order valence-electron chi connectivity index (χ3n) is 4.88. The fourth-order valence-corrected chi connectivity index (χ4v) is 3.63. The average Bonchev–Trinajstić information content (AvgIpc) is 2.34. The number of nitrogens with zero attached hydrogens (tertiary/aromatic N) is 2. The Morgan fingerprint density at radius 3 is 2.39 bits per heavy atom. The van der Waals surface area contributed by atoms with Crippen molar-refractivity contribution in [2.45, 2.75) is 38.6 Å². The molecule has 2 N–H and O–H groups in total. The molecule has 2 rings (SSSR count). The molecule has 1 heterocycles. The normalized spacial score (nSPS) is 34.1. The lowest BCUT2D eigenvalue weighted by molar-refractivity contribution is -0.151. The van der Waals surface area contributed by atoms with E-state index in [4.69, 9.17) is 5.73 Å². The van der Waals surface area contributed by atoms with E-state index >= 15 is 0 Å². The predicted molar refractivity (Wildman–Crippen MR) is 73.2 cm³/mol. The number of nitrogens with two attached hydrogens (primary N) is 1. The van der Waals surface area contributed by atoms with Crippen LogP contribution in [0.4, 0.5) is 0 Å². The zero-order valence-electron chi connectivity index (χ0n) is 12.0. The molecule has 1 saturated carbocycles. The molecule has 1 aliphatic heterocycles. The van der Waals surface area contributed by atoms with Crippen LogP contribution in [-0.4, -0.2) is 55.5 Å². The summed E-state index contributed by atoms with van der Waals surface area (Å²) in [5, 5.41) is 0. The van der Waals surface area contributed by atoms with Gasteiger partial charge in [-0.3, -0.25) is 4.79 Å². The molecule has 0 aromatic heterocycles. The number of carbonyl (C=O) groups is 1. The molecule has 4 heteroatoms. The van der Waals surface area contributed by atoms with Gasteiger partial charge in [-0.1, -0.05) is 6.92 Å². The maximum absolute atomic E-state index is 12.6. The van der Waals surface area contributed by atoms with Gasteiger partial charge in [-0.15, -0.1) is 0 Å². The molecule has 0 bridgehead atoms. The highest BCUT2D eigenvalue weighted by molar-refractivity contribution is 5.84. The number of carbonyl (C=O) groups excluding carboxylic acids is 1. The first-order chi connectivity index (χ1) is 8.48. The quantitative estimate of drug-likeness (QED) is 0.813. The van der Waals surface area contributed by atoms with Gasteiger partial charge in [0, 0.05) is 19.6 Å². The smallest absolute Gasteiger partial charge is 0.230 e. The van der Waals surface area contributed by atoms with Crippen LogP contribution in [0.2, 0.25) is 0 Å². The monoisotopic (exact) mass is 253 g/mol. The van der Waals surface area contributed by atoms with Gasteiger partial charge in [-0.05, 0) is 51.7 Å². The fourth-order valence-electron chi connectivity index (χ4n) is 3.63. The van der Waals surface area contributed by atoms with Crippen LogP contribution in [0.5, 0.6) is 0 Å². The summed E-state index contributed by atoms with van der Waals surface area (Å²) in [6.45, 7) is 4.90. The zero-order chi connectivity index (χ0) is 13.3. The minimum absolute atomic E-state index is 0.239. The fraction of sp³-hybridized carbons (Fsp3) is 0.929. The highest BCUT2D eigenvalue weighted by atomic mass is 16.2. The topological polar surface area (TPSA) is 49.6 Å². The molecule has 4 nitrogen and oxygen atoms in total. The second-order valence-electron chi connectivity index (χ2n) is 6.45. The summed E-state index contributed by atoms with van der Waals surface area (Å²) in [7, 11) is 4.12. The predicted octanol–water partition coefficient (Wildman–Crippen LogP) is 0.914. The summed E-state index contributed by atoms with van der Waals surface area (Å²) < 4.78 is 0. The molecule has 0 radical (unpaired) electrons. The Bertz CT molecular complexity index is 304. The van der Waals surface area contributed by atoms with Crippen molar-refractivity contribution >= 4 is 5.91 Å². The van der Waals surface area contributed by atoms with Gasteiger partial charge in [-0.25, -0.2) is 0 Å². The molecule has 1 saturated heterocycles. The number of likely N-dealkylation sites (tertiary alicyclic amines) is 1. The third-order valence-corrected chi connectivity index (χ3v) is 4.88. The van der Waals surface area contributed by atoms with E-state index in [-0.39, 0.29) is 11.3 Å². The molecule has 0 aromatic rings. The van der Waals surface area contributed by atoms with Crippen molar-refractivity contribution in [1.82, 2.24) is 9.80 Å². The van der Waals surface area contributed by atoms with E-state index in [0.717, 1.165) is 38.8 Å². The Balaban J connectivity index is 1.96. The van der Waals surface area contributed by atoms with Gasteiger partial charge < -0.3 is 15.5 Å². The van der Waals surface area contributed by atoms with E-state index in [1.807, 2.05) is 11.9 Å². The van der Waals surface area contributed by atoms with Crippen molar-refractivity contribution < 1.29 is 4.79 Å². The maximum Gasteiger partial charge on any atom is 0.230 e. The van der Waals surface area contributed by atoms with E-state index in [2.05, 4.69) is 18.9 Å². The maximum atomic E-state index is 12.6. The summed E-state index contributed by atoms with van der Waals surface area (Å²) in [5.74, 6) is 0.945.